The maximum atomic E-state index is 12.4. The highest BCUT2D eigenvalue weighted by molar-refractivity contribution is 7.89. The average Bonchev–Trinajstić information content (AvgIpc) is 2.54. The van der Waals surface area contributed by atoms with Crippen molar-refractivity contribution in [3.63, 3.8) is 0 Å². The van der Waals surface area contributed by atoms with Crippen LogP contribution in [0.15, 0.2) is 29.2 Å². The number of benzene rings is 1. The van der Waals surface area contributed by atoms with Crippen molar-refractivity contribution in [2.24, 2.45) is 5.92 Å². The summed E-state index contributed by atoms with van der Waals surface area (Å²) in [5, 5.41) is 6.38. The molecule has 2 N–H and O–H groups in total. The Morgan fingerprint density at radius 1 is 1.29 bits per heavy atom. The molecule has 0 bridgehead atoms. The molecule has 1 aliphatic rings. The van der Waals surface area contributed by atoms with E-state index in [9.17, 15) is 13.2 Å². The van der Waals surface area contributed by atoms with Crippen molar-refractivity contribution in [2.45, 2.75) is 43.7 Å². The third-order valence-corrected chi connectivity index (χ3v) is 6.34. The van der Waals surface area contributed by atoms with Gasteiger partial charge in [0.1, 0.15) is 0 Å². The molecule has 1 saturated heterocycles. The zero-order valence-electron chi connectivity index (χ0n) is 14.7. The Bertz CT molecular complexity index is 671. The summed E-state index contributed by atoms with van der Waals surface area (Å²) in [6, 6.07) is 6.89. The van der Waals surface area contributed by atoms with E-state index < -0.39 is 10.0 Å². The molecule has 0 spiro atoms. The number of amides is 1. The van der Waals surface area contributed by atoms with E-state index in [1.165, 1.54) is 18.4 Å². The normalized spacial score (nSPS) is 23.0. The molecule has 2 rings (SSSR count). The van der Waals surface area contributed by atoms with Gasteiger partial charge in [-0.2, -0.15) is 0 Å². The zero-order chi connectivity index (χ0) is 17.9. The van der Waals surface area contributed by atoms with E-state index in [-0.39, 0.29) is 22.8 Å². The lowest BCUT2D eigenvalue weighted by atomic mass is 9.92. The molecule has 6 nitrogen and oxygen atoms in total. The highest BCUT2D eigenvalue weighted by Crippen LogP contribution is 2.21. The van der Waals surface area contributed by atoms with Gasteiger partial charge in [0.25, 0.3) is 0 Å². The monoisotopic (exact) mass is 353 g/mol. The Morgan fingerprint density at radius 2 is 1.92 bits per heavy atom. The molecule has 3 atom stereocenters. The van der Waals surface area contributed by atoms with E-state index in [4.69, 9.17) is 0 Å². The minimum Gasteiger partial charge on any atom is -0.349 e. The van der Waals surface area contributed by atoms with Crippen LogP contribution < -0.4 is 10.6 Å². The predicted octanol–water partition coefficient (Wildman–Crippen LogP) is 1.50. The van der Waals surface area contributed by atoms with Crippen molar-refractivity contribution >= 4 is 15.9 Å². The van der Waals surface area contributed by atoms with Crippen molar-refractivity contribution in [1.82, 2.24) is 14.9 Å². The molecule has 0 aromatic heterocycles. The van der Waals surface area contributed by atoms with Crippen LogP contribution in [-0.4, -0.2) is 45.3 Å². The van der Waals surface area contributed by atoms with E-state index >= 15 is 0 Å². The van der Waals surface area contributed by atoms with Gasteiger partial charge in [-0.25, -0.2) is 12.7 Å². The number of sulfonamides is 1. The molecule has 1 unspecified atom stereocenters. The molecule has 1 aromatic carbocycles. The highest BCUT2D eigenvalue weighted by Gasteiger charge is 2.26. The van der Waals surface area contributed by atoms with Crippen LogP contribution >= 0.6 is 0 Å². The summed E-state index contributed by atoms with van der Waals surface area (Å²) in [6.45, 7) is 4.87. The number of nitrogens with zero attached hydrogens (tertiary/aromatic N) is 1. The second kappa shape index (κ2) is 7.63. The summed E-state index contributed by atoms with van der Waals surface area (Å²) < 4.78 is 25.3. The van der Waals surface area contributed by atoms with E-state index in [0.29, 0.717) is 6.04 Å². The number of rotatable bonds is 5. The average molecular weight is 353 g/mol. The van der Waals surface area contributed by atoms with Crippen LogP contribution in [-0.2, 0) is 14.8 Å². The minimum atomic E-state index is -3.43. The molecule has 1 amide bonds. The fourth-order valence-corrected chi connectivity index (χ4v) is 3.83. The lowest BCUT2D eigenvalue weighted by molar-refractivity contribution is -0.126. The number of hydrogen-bond acceptors (Lipinski definition) is 4. The lowest BCUT2D eigenvalue weighted by Gasteiger charge is -2.28. The van der Waals surface area contributed by atoms with Crippen LogP contribution in [0.3, 0.4) is 0 Å². The second-order valence-electron chi connectivity index (χ2n) is 6.66. The van der Waals surface area contributed by atoms with Gasteiger partial charge in [-0.15, -0.1) is 0 Å². The Kier molecular flexibility index (Phi) is 6.01. The van der Waals surface area contributed by atoms with E-state index in [1.807, 2.05) is 6.92 Å². The van der Waals surface area contributed by atoms with E-state index in [2.05, 4.69) is 17.6 Å². The zero-order valence-corrected chi connectivity index (χ0v) is 15.6. The highest BCUT2D eigenvalue weighted by atomic mass is 32.2. The van der Waals surface area contributed by atoms with Crippen LogP contribution in [0.2, 0.25) is 0 Å². The molecule has 0 saturated carbocycles. The lowest BCUT2D eigenvalue weighted by Crippen LogP contribution is -2.42. The standard InChI is InChI=1S/C17H27N3O3S/c1-12-11-15(9-10-18-12)17(21)19-13(2)14-5-7-16(8-6-14)24(22,23)20(3)4/h5-8,12-13,15,18H,9-11H2,1-4H3,(H,19,21)/t12-,13?,15-/m0/s1. The summed E-state index contributed by atoms with van der Waals surface area (Å²) in [4.78, 5) is 12.7. The maximum absolute atomic E-state index is 12.4. The van der Waals surface area contributed by atoms with Gasteiger partial charge >= 0.3 is 0 Å². The quantitative estimate of drug-likeness (QED) is 0.841. The Balaban J connectivity index is 2.02. The number of nitrogens with one attached hydrogen (secondary N) is 2. The summed E-state index contributed by atoms with van der Waals surface area (Å²) in [7, 11) is -0.415. The molecular formula is C17H27N3O3S. The van der Waals surface area contributed by atoms with Crippen molar-refractivity contribution in [3.8, 4) is 0 Å². The summed E-state index contributed by atoms with van der Waals surface area (Å²) in [5.41, 5.74) is 0.892. The minimum absolute atomic E-state index is 0.0390. The van der Waals surface area contributed by atoms with E-state index in [0.717, 1.165) is 24.9 Å². The number of hydrogen-bond donors (Lipinski definition) is 2. The maximum Gasteiger partial charge on any atom is 0.242 e. The molecular weight excluding hydrogens is 326 g/mol. The van der Waals surface area contributed by atoms with Crippen LogP contribution in [0, 0.1) is 5.92 Å². The molecule has 1 aromatic rings. The van der Waals surface area contributed by atoms with Crippen molar-refractivity contribution in [2.75, 3.05) is 20.6 Å². The van der Waals surface area contributed by atoms with Gasteiger partial charge < -0.3 is 10.6 Å². The first-order valence-electron chi connectivity index (χ1n) is 8.28. The van der Waals surface area contributed by atoms with Crippen LogP contribution in [0.4, 0.5) is 0 Å². The Labute approximate surface area is 144 Å². The second-order valence-corrected chi connectivity index (χ2v) is 8.82. The van der Waals surface area contributed by atoms with Crippen LogP contribution in [0.5, 0.6) is 0 Å². The van der Waals surface area contributed by atoms with Crippen molar-refractivity contribution in [3.05, 3.63) is 29.8 Å². The molecule has 24 heavy (non-hydrogen) atoms. The van der Waals surface area contributed by atoms with Crippen molar-refractivity contribution < 1.29 is 13.2 Å². The summed E-state index contributed by atoms with van der Waals surface area (Å²) in [5.74, 6) is 0.109. The predicted molar refractivity (Wildman–Crippen MR) is 94.1 cm³/mol. The van der Waals surface area contributed by atoms with Crippen LogP contribution in [0.25, 0.3) is 0 Å². The molecule has 134 valence electrons. The Morgan fingerprint density at radius 3 is 2.46 bits per heavy atom. The molecule has 1 heterocycles. The first-order valence-corrected chi connectivity index (χ1v) is 9.72. The molecule has 0 radical (unpaired) electrons. The summed E-state index contributed by atoms with van der Waals surface area (Å²) in [6.07, 6.45) is 1.70. The first-order chi connectivity index (χ1) is 11.2. The SMILES string of the molecule is CC(NC(=O)[C@H]1CCN[C@@H](C)C1)c1ccc(S(=O)(=O)N(C)C)cc1. The summed E-state index contributed by atoms with van der Waals surface area (Å²) >= 11 is 0. The fourth-order valence-electron chi connectivity index (χ4n) is 2.92. The van der Waals surface area contributed by atoms with Gasteiger partial charge in [-0.1, -0.05) is 12.1 Å². The number of piperidine rings is 1. The molecule has 1 fully saturated rings. The molecule has 7 heteroatoms. The van der Waals surface area contributed by atoms with Gasteiger partial charge in [0.2, 0.25) is 15.9 Å². The molecule has 1 aliphatic heterocycles. The van der Waals surface area contributed by atoms with Gasteiger partial charge in [-0.3, -0.25) is 4.79 Å². The van der Waals surface area contributed by atoms with Gasteiger partial charge in [0, 0.05) is 26.1 Å². The number of carbonyl (C=O) groups excluding carboxylic acids is 1. The third kappa shape index (κ3) is 4.34. The first kappa shape index (κ1) is 18.9. The van der Waals surface area contributed by atoms with Gasteiger partial charge in [0.15, 0.2) is 0 Å². The third-order valence-electron chi connectivity index (χ3n) is 4.51. The van der Waals surface area contributed by atoms with Crippen molar-refractivity contribution in [1.29, 1.82) is 0 Å². The molecule has 0 aliphatic carbocycles. The van der Waals surface area contributed by atoms with Gasteiger partial charge in [-0.05, 0) is 50.9 Å². The largest absolute Gasteiger partial charge is 0.349 e. The topological polar surface area (TPSA) is 78.5 Å². The van der Waals surface area contributed by atoms with E-state index in [1.54, 1.807) is 24.3 Å². The van der Waals surface area contributed by atoms with Gasteiger partial charge in [0.05, 0.1) is 10.9 Å². The Hall–Kier alpha value is -1.44. The van der Waals surface area contributed by atoms with Crippen LogP contribution in [0.1, 0.15) is 38.3 Å². The fraction of sp³-hybridized carbons (Fsp3) is 0.588. The smallest absolute Gasteiger partial charge is 0.242 e. The number of carbonyl (C=O) groups is 1.